The number of halogens is 2. The Labute approximate surface area is 130 Å². The van der Waals surface area contributed by atoms with E-state index in [2.05, 4.69) is 37.2 Å². The maximum Gasteiger partial charge on any atom is 0.0984 e. The van der Waals surface area contributed by atoms with Crippen molar-refractivity contribution in [1.29, 1.82) is 0 Å². The molecule has 0 bridgehead atoms. The highest BCUT2D eigenvalue weighted by atomic mass is 79.9. The molecule has 0 aliphatic carbocycles. The maximum absolute atomic E-state index is 10.5. The summed E-state index contributed by atoms with van der Waals surface area (Å²) in [6, 6.07) is 15.6. The fourth-order valence-electron chi connectivity index (χ4n) is 2.03. The van der Waals surface area contributed by atoms with E-state index in [-0.39, 0.29) is 6.04 Å². The zero-order valence-electron chi connectivity index (χ0n) is 10.5. The first-order valence-corrected chi connectivity index (χ1v) is 7.56. The first-order chi connectivity index (χ1) is 9.11. The highest BCUT2D eigenvalue weighted by Gasteiger charge is 2.20. The Morgan fingerprint density at radius 3 is 1.68 bits per heavy atom. The Kier molecular flexibility index (Phi) is 5.16. The number of hydrogen-bond acceptors (Lipinski definition) is 2. The van der Waals surface area contributed by atoms with Crippen LogP contribution in [-0.2, 0) is 0 Å². The van der Waals surface area contributed by atoms with E-state index >= 15 is 0 Å². The Hall–Kier alpha value is -0.680. The summed E-state index contributed by atoms with van der Waals surface area (Å²) in [5.74, 6) is 0. The molecule has 2 aromatic rings. The molecule has 0 saturated heterocycles. The summed E-state index contributed by atoms with van der Waals surface area (Å²) in [6.07, 6.45) is -0.584. The molecule has 19 heavy (non-hydrogen) atoms. The van der Waals surface area contributed by atoms with Gasteiger partial charge in [0.05, 0.1) is 12.1 Å². The predicted octanol–water partition coefficient (Wildman–Crippen LogP) is 4.21. The van der Waals surface area contributed by atoms with Crippen LogP contribution in [0.2, 0.25) is 0 Å². The van der Waals surface area contributed by atoms with E-state index in [4.69, 9.17) is 0 Å². The lowest BCUT2D eigenvalue weighted by atomic mass is 9.96. The summed E-state index contributed by atoms with van der Waals surface area (Å²) in [6.45, 7) is 0. The molecule has 2 N–H and O–H groups in total. The summed E-state index contributed by atoms with van der Waals surface area (Å²) in [5, 5.41) is 13.7. The van der Waals surface area contributed by atoms with E-state index in [9.17, 15) is 5.11 Å². The van der Waals surface area contributed by atoms with Gasteiger partial charge < -0.3 is 10.4 Å². The van der Waals surface area contributed by atoms with E-state index in [0.717, 1.165) is 20.1 Å². The lowest BCUT2D eigenvalue weighted by Gasteiger charge is -2.23. The van der Waals surface area contributed by atoms with Crippen LogP contribution in [0.5, 0.6) is 0 Å². The highest BCUT2D eigenvalue weighted by Crippen LogP contribution is 2.29. The molecule has 0 aliphatic heterocycles. The van der Waals surface area contributed by atoms with Gasteiger partial charge in [-0.2, -0.15) is 0 Å². The van der Waals surface area contributed by atoms with Gasteiger partial charge in [0.2, 0.25) is 0 Å². The molecular weight excluding hydrogens is 370 g/mol. The Bertz CT molecular complexity index is 525. The van der Waals surface area contributed by atoms with E-state index in [0.29, 0.717) is 0 Å². The van der Waals surface area contributed by atoms with Crippen LogP contribution in [-0.4, -0.2) is 12.2 Å². The molecule has 0 aromatic heterocycles. The monoisotopic (exact) mass is 383 g/mol. The first-order valence-electron chi connectivity index (χ1n) is 5.98. The molecule has 2 rings (SSSR count). The van der Waals surface area contributed by atoms with Crippen molar-refractivity contribution in [2.45, 2.75) is 12.1 Å². The van der Waals surface area contributed by atoms with Gasteiger partial charge in [0, 0.05) is 8.95 Å². The smallest absolute Gasteiger partial charge is 0.0984 e. The fourth-order valence-corrected chi connectivity index (χ4v) is 2.56. The second-order valence-corrected chi connectivity index (χ2v) is 6.15. The number of aliphatic hydroxyl groups excluding tert-OH is 1. The SMILES string of the molecule is CN[C@H](c1ccc(Br)cc1)[C@@H](O)c1ccc(Br)cc1. The Morgan fingerprint density at radius 1 is 0.842 bits per heavy atom. The van der Waals surface area contributed by atoms with Gasteiger partial charge >= 0.3 is 0 Å². The second-order valence-electron chi connectivity index (χ2n) is 4.31. The zero-order chi connectivity index (χ0) is 13.8. The predicted molar refractivity (Wildman–Crippen MR) is 85.0 cm³/mol. The van der Waals surface area contributed by atoms with Gasteiger partial charge in [-0.15, -0.1) is 0 Å². The van der Waals surface area contributed by atoms with Gasteiger partial charge in [0.1, 0.15) is 0 Å². The normalized spacial score (nSPS) is 14.1. The molecule has 0 radical (unpaired) electrons. The summed E-state index contributed by atoms with van der Waals surface area (Å²) < 4.78 is 2.04. The van der Waals surface area contributed by atoms with Crippen molar-refractivity contribution >= 4 is 31.9 Å². The minimum atomic E-state index is -0.584. The number of hydrogen-bond donors (Lipinski definition) is 2. The van der Waals surface area contributed by atoms with Gasteiger partial charge in [0.25, 0.3) is 0 Å². The van der Waals surface area contributed by atoms with Crippen molar-refractivity contribution in [1.82, 2.24) is 5.32 Å². The molecule has 2 aromatic carbocycles. The summed E-state index contributed by atoms with van der Waals surface area (Å²) in [7, 11) is 1.86. The molecule has 2 atom stereocenters. The van der Waals surface area contributed by atoms with Gasteiger partial charge in [-0.3, -0.25) is 0 Å². The highest BCUT2D eigenvalue weighted by molar-refractivity contribution is 9.10. The third kappa shape index (κ3) is 3.66. The van der Waals surface area contributed by atoms with Crippen LogP contribution in [0.3, 0.4) is 0 Å². The van der Waals surface area contributed by atoms with Crippen molar-refractivity contribution in [2.24, 2.45) is 0 Å². The second kappa shape index (κ2) is 6.66. The largest absolute Gasteiger partial charge is 0.386 e. The maximum atomic E-state index is 10.5. The summed E-state index contributed by atoms with van der Waals surface area (Å²) in [5.41, 5.74) is 1.95. The van der Waals surface area contributed by atoms with E-state index in [1.165, 1.54) is 0 Å². The van der Waals surface area contributed by atoms with Gasteiger partial charge in [-0.25, -0.2) is 0 Å². The third-order valence-electron chi connectivity index (χ3n) is 3.07. The number of aliphatic hydroxyl groups is 1. The van der Waals surface area contributed by atoms with Gasteiger partial charge in [-0.05, 0) is 42.4 Å². The standard InChI is InChI=1S/C15H15Br2NO/c1-18-14(10-2-6-12(16)7-3-10)15(19)11-4-8-13(17)9-5-11/h2-9,14-15,18-19H,1H3/t14-,15+/m1/s1. The number of benzene rings is 2. The van der Waals surface area contributed by atoms with E-state index < -0.39 is 6.10 Å². The van der Waals surface area contributed by atoms with Crippen LogP contribution in [0, 0.1) is 0 Å². The molecular formula is C15H15Br2NO. The van der Waals surface area contributed by atoms with Crippen molar-refractivity contribution in [3.63, 3.8) is 0 Å². The van der Waals surface area contributed by atoms with Crippen molar-refractivity contribution in [3.8, 4) is 0 Å². The van der Waals surface area contributed by atoms with Gasteiger partial charge in [-0.1, -0.05) is 56.1 Å². The van der Waals surface area contributed by atoms with Crippen LogP contribution in [0.4, 0.5) is 0 Å². The Morgan fingerprint density at radius 2 is 1.26 bits per heavy atom. The van der Waals surface area contributed by atoms with Crippen LogP contribution in [0.15, 0.2) is 57.5 Å². The molecule has 4 heteroatoms. The molecule has 0 heterocycles. The fraction of sp³-hybridized carbons (Fsp3) is 0.200. The molecule has 2 nitrogen and oxygen atoms in total. The zero-order valence-corrected chi connectivity index (χ0v) is 13.6. The number of likely N-dealkylation sites (N-methyl/N-ethyl adjacent to an activating group) is 1. The molecule has 0 saturated carbocycles. The first kappa shape index (κ1) is 14.7. The quantitative estimate of drug-likeness (QED) is 0.827. The van der Waals surface area contributed by atoms with Crippen LogP contribution < -0.4 is 5.32 Å². The third-order valence-corrected chi connectivity index (χ3v) is 4.12. The average molecular weight is 385 g/mol. The molecule has 100 valence electrons. The summed E-state index contributed by atoms with van der Waals surface area (Å²) >= 11 is 6.82. The van der Waals surface area contributed by atoms with Crippen molar-refractivity contribution in [3.05, 3.63) is 68.6 Å². The molecule has 0 aliphatic rings. The number of rotatable bonds is 4. The van der Waals surface area contributed by atoms with Crippen LogP contribution in [0.25, 0.3) is 0 Å². The summed E-state index contributed by atoms with van der Waals surface area (Å²) in [4.78, 5) is 0. The van der Waals surface area contributed by atoms with E-state index in [1.54, 1.807) is 0 Å². The van der Waals surface area contributed by atoms with Crippen molar-refractivity contribution < 1.29 is 5.11 Å². The van der Waals surface area contributed by atoms with Crippen molar-refractivity contribution in [2.75, 3.05) is 7.05 Å². The lowest BCUT2D eigenvalue weighted by Crippen LogP contribution is -2.23. The van der Waals surface area contributed by atoms with E-state index in [1.807, 2.05) is 55.6 Å². The van der Waals surface area contributed by atoms with Gasteiger partial charge in [0.15, 0.2) is 0 Å². The Balaban J connectivity index is 2.26. The topological polar surface area (TPSA) is 32.3 Å². The minimum absolute atomic E-state index is 0.130. The lowest BCUT2D eigenvalue weighted by molar-refractivity contribution is 0.133. The number of nitrogens with one attached hydrogen (secondary N) is 1. The molecule has 0 amide bonds. The van der Waals surface area contributed by atoms with Crippen LogP contribution in [0.1, 0.15) is 23.3 Å². The average Bonchev–Trinajstić information content (AvgIpc) is 2.42. The molecule has 0 unspecified atom stereocenters. The molecule has 0 spiro atoms. The minimum Gasteiger partial charge on any atom is -0.386 e. The van der Waals surface area contributed by atoms with Crippen LogP contribution >= 0.6 is 31.9 Å². The molecule has 0 fully saturated rings.